The maximum atomic E-state index is 12.3. The van der Waals surface area contributed by atoms with Crippen molar-refractivity contribution in [2.24, 2.45) is 4.99 Å². The Morgan fingerprint density at radius 2 is 2.04 bits per heavy atom. The molecule has 2 aliphatic rings. The van der Waals surface area contributed by atoms with E-state index in [-0.39, 0.29) is 5.91 Å². The number of carbonyl (C=O) groups excluding carboxylic acids is 1. The zero-order valence-corrected chi connectivity index (χ0v) is 14.2. The van der Waals surface area contributed by atoms with Crippen LogP contribution in [0.1, 0.15) is 46.9 Å². The van der Waals surface area contributed by atoms with Gasteiger partial charge >= 0.3 is 0 Å². The molecule has 2 aromatic rings. The second-order valence-electron chi connectivity index (χ2n) is 6.62. The summed E-state index contributed by atoms with van der Waals surface area (Å²) in [5, 5.41) is 0. The van der Waals surface area contributed by atoms with Gasteiger partial charge in [0, 0.05) is 36.1 Å². The summed E-state index contributed by atoms with van der Waals surface area (Å²) in [6.45, 7) is 6.37. The van der Waals surface area contributed by atoms with E-state index in [1.165, 1.54) is 22.3 Å². The highest BCUT2D eigenvalue weighted by atomic mass is 16.2. The van der Waals surface area contributed by atoms with Gasteiger partial charge in [-0.3, -0.25) is 14.8 Å². The van der Waals surface area contributed by atoms with Crippen LogP contribution in [0.15, 0.2) is 35.5 Å². The van der Waals surface area contributed by atoms with Crippen LogP contribution in [0.3, 0.4) is 0 Å². The lowest BCUT2D eigenvalue weighted by atomic mass is 9.91. The van der Waals surface area contributed by atoms with Crippen LogP contribution in [0.5, 0.6) is 0 Å². The third-order valence-electron chi connectivity index (χ3n) is 4.81. The molecule has 0 fully saturated rings. The minimum absolute atomic E-state index is 0.244. The Morgan fingerprint density at radius 3 is 2.83 bits per heavy atom. The highest BCUT2D eigenvalue weighted by Crippen LogP contribution is 2.30. The third kappa shape index (κ3) is 2.52. The normalized spacial score (nSPS) is 16.0. The Balaban J connectivity index is 1.72. The zero-order valence-electron chi connectivity index (χ0n) is 14.2. The summed E-state index contributed by atoms with van der Waals surface area (Å²) in [5.74, 6) is 0.244. The molecule has 3 heterocycles. The van der Waals surface area contributed by atoms with Gasteiger partial charge in [-0.15, -0.1) is 0 Å². The Kier molecular flexibility index (Phi) is 3.68. The Bertz CT molecular complexity index is 854. The quantitative estimate of drug-likeness (QED) is 0.873. The predicted molar refractivity (Wildman–Crippen MR) is 94.2 cm³/mol. The van der Waals surface area contributed by atoms with Gasteiger partial charge in [-0.25, -0.2) is 0 Å². The van der Waals surface area contributed by atoms with Crippen molar-refractivity contribution in [1.82, 2.24) is 9.88 Å². The molecule has 0 saturated heterocycles. The van der Waals surface area contributed by atoms with Gasteiger partial charge in [0.1, 0.15) is 0 Å². The number of benzene rings is 1. The second-order valence-corrected chi connectivity index (χ2v) is 6.62. The van der Waals surface area contributed by atoms with Crippen LogP contribution in [-0.2, 0) is 24.3 Å². The molecule has 1 amide bonds. The van der Waals surface area contributed by atoms with Crippen molar-refractivity contribution in [2.45, 2.75) is 39.8 Å². The van der Waals surface area contributed by atoms with Crippen molar-refractivity contribution < 1.29 is 4.79 Å². The second kappa shape index (κ2) is 5.86. The Morgan fingerprint density at radius 1 is 1.17 bits per heavy atom. The predicted octanol–water partition coefficient (Wildman–Crippen LogP) is 3.04. The lowest BCUT2D eigenvalue weighted by Crippen LogP contribution is -2.36. The topological polar surface area (TPSA) is 45.6 Å². The standard InChI is InChI=1S/C20H21N3O/c1-3-6-23-12-17-9-18-16(8-15(17)10-19(23)24)11-22-20(18)14-4-5-21-13(2)7-14/h4-5,7-9H,3,6,10-12H2,1-2H3. The van der Waals surface area contributed by atoms with E-state index in [9.17, 15) is 4.79 Å². The number of fused-ring (bicyclic) bond motifs is 2. The molecular weight excluding hydrogens is 298 g/mol. The van der Waals surface area contributed by atoms with Crippen molar-refractivity contribution in [3.8, 4) is 0 Å². The van der Waals surface area contributed by atoms with Crippen molar-refractivity contribution in [3.05, 3.63) is 64.0 Å². The van der Waals surface area contributed by atoms with Gasteiger partial charge in [0.25, 0.3) is 0 Å². The fourth-order valence-electron chi connectivity index (χ4n) is 3.63. The maximum Gasteiger partial charge on any atom is 0.227 e. The first-order chi connectivity index (χ1) is 11.7. The molecule has 0 radical (unpaired) electrons. The Hall–Kier alpha value is -2.49. The van der Waals surface area contributed by atoms with Crippen molar-refractivity contribution in [3.63, 3.8) is 0 Å². The number of hydrogen-bond donors (Lipinski definition) is 0. The fourth-order valence-corrected chi connectivity index (χ4v) is 3.63. The van der Waals surface area contributed by atoms with Gasteiger partial charge in [-0.1, -0.05) is 13.0 Å². The van der Waals surface area contributed by atoms with E-state index in [0.717, 1.165) is 36.5 Å². The van der Waals surface area contributed by atoms with Crippen LogP contribution in [0.25, 0.3) is 0 Å². The van der Waals surface area contributed by atoms with E-state index in [1.807, 2.05) is 24.1 Å². The van der Waals surface area contributed by atoms with Gasteiger partial charge in [-0.05, 0) is 48.2 Å². The fraction of sp³-hybridized carbons (Fsp3) is 0.350. The lowest BCUT2D eigenvalue weighted by Gasteiger charge is -2.29. The average molecular weight is 319 g/mol. The molecule has 0 bridgehead atoms. The summed E-state index contributed by atoms with van der Waals surface area (Å²) in [6, 6.07) is 8.55. The number of aryl methyl sites for hydroxylation is 1. The number of hydrogen-bond acceptors (Lipinski definition) is 3. The average Bonchev–Trinajstić information content (AvgIpc) is 2.96. The van der Waals surface area contributed by atoms with Crippen LogP contribution in [0.4, 0.5) is 0 Å². The number of amides is 1. The van der Waals surface area contributed by atoms with Gasteiger partial charge in [0.15, 0.2) is 0 Å². The number of nitrogens with zero attached hydrogens (tertiary/aromatic N) is 3. The number of aliphatic imine (C=N–C) groups is 1. The van der Waals surface area contributed by atoms with Crippen LogP contribution in [0.2, 0.25) is 0 Å². The first kappa shape index (κ1) is 15.1. The summed E-state index contributed by atoms with van der Waals surface area (Å²) in [7, 11) is 0. The minimum Gasteiger partial charge on any atom is -0.338 e. The molecule has 0 spiro atoms. The largest absolute Gasteiger partial charge is 0.338 e. The number of pyridine rings is 1. The van der Waals surface area contributed by atoms with E-state index in [4.69, 9.17) is 4.99 Å². The molecule has 0 saturated carbocycles. The molecule has 1 aromatic heterocycles. The lowest BCUT2D eigenvalue weighted by molar-refractivity contribution is -0.131. The molecule has 0 unspecified atom stereocenters. The summed E-state index contributed by atoms with van der Waals surface area (Å²) in [4.78, 5) is 23.3. The molecule has 0 aliphatic carbocycles. The van der Waals surface area contributed by atoms with Crippen LogP contribution >= 0.6 is 0 Å². The monoisotopic (exact) mass is 319 g/mol. The van der Waals surface area contributed by atoms with E-state index < -0.39 is 0 Å². The van der Waals surface area contributed by atoms with Gasteiger partial charge in [-0.2, -0.15) is 0 Å². The van der Waals surface area contributed by atoms with Gasteiger partial charge in [0.2, 0.25) is 5.91 Å². The number of rotatable bonds is 3. The van der Waals surface area contributed by atoms with E-state index in [0.29, 0.717) is 13.0 Å². The smallest absolute Gasteiger partial charge is 0.227 e. The minimum atomic E-state index is 0.244. The van der Waals surface area contributed by atoms with Gasteiger partial charge in [0.05, 0.1) is 18.7 Å². The summed E-state index contributed by atoms with van der Waals surface area (Å²) < 4.78 is 0. The maximum absolute atomic E-state index is 12.3. The molecule has 4 nitrogen and oxygen atoms in total. The molecule has 0 N–H and O–H groups in total. The summed E-state index contributed by atoms with van der Waals surface area (Å²) in [5.41, 5.74) is 8.06. The third-order valence-corrected chi connectivity index (χ3v) is 4.81. The van der Waals surface area contributed by atoms with E-state index in [1.54, 1.807) is 0 Å². The Labute approximate surface area is 142 Å². The highest BCUT2D eigenvalue weighted by molar-refractivity contribution is 6.15. The van der Waals surface area contributed by atoms with Crippen molar-refractivity contribution >= 4 is 11.6 Å². The van der Waals surface area contributed by atoms with Crippen molar-refractivity contribution in [1.29, 1.82) is 0 Å². The molecule has 122 valence electrons. The molecule has 2 aliphatic heterocycles. The van der Waals surface area contributed by atoms with Crippen LogP contribution in [-0.4, -0.2) is 28.0 Å². The molecule has 4 rings (SSSR count). The van der Waals surface area contributed by atoms with E-state index >= 15 is 0 Å². The van der Waals surface area contributed by atoms with Crippen LogP contribution in [0, 0.1) is 6.92 Å². The first-order valence-electron chi connectivity index (χ1n) is 8.56. The number of aromatic nitrogens is 1. The molecular formula is C20H21N3O. The molecule has 24 heavy (non-hydrogen) atoms. The zero-order chi connectivity index (χ0) is 16.7. The highest BCUT2D eigenvalue weighted by Gasteiger charge is 2.26. The van der Waals surface area contributed by atoms with Crippen molar-refractivity contribution in [2.75, 3.05) is 6.54 Å². The summed E-state index contributed by atoms with van der Waals surface area (Å²) in [6.07, 6.45) is 3.35. The first-order valence-corrected chi connectivity index (χ1v) is 8.56. The summed E-state index contributed by atoms with van der Waals surface area (Å²) >= 11 is 0. The SMILES string of the molecule is CCCN1Cc2cc3c(cc2CC1=O)CN=C3c1ccnc(C)c1. The van der Waals surface area contributed by atoms with Gasteiger partial charge < -0.3 is 4.90 Å². The van der Waals surface area contributed by atoms with E-state index in [2.05, 4.69) is 30.1 Å². The molecule has 0 atom stereocenters. The molecule has 4 heteroatoms. The number of carbonyl (C=O) groups is 1. The van der Waals surface area contributed by atoms with Crippen LogP contribution < -0.4 is 0 Å². The molecule has 1 aromatic carbocycles.